The van der Waals surface area contributed by atoms with E-state index in [1.807, 2.05) is 158 Å². The van der Waals surface area contributed by atoms with Crippen LogP contribution in [0.15, 0.2) is 207 Å². The van der Waals surface area contributed by atoms with Crippen molar-refractivity contribution in [1.29, 1.82) is 0 Å². The predicted molar refractivity (Wildman–Crippen MR) is 464 cm³/mol. The van der Waals surface area contributed by atoms with Crippen LogP contribution in [0.2, 0.25) is 10.0 Å². The van der Waals surface area contributed by atoms with Crippen molar-refractivity contribution in [3.8, 4) is 56.1 Å². The molecule has 0 aliphatic carbocycles. The largest absolute Gasteiger partial charge is 0.507 e. The van der Waals surface area contributed by atoms with Crippen molar-refractivity contribution in [3.05, 3.63) is 297 Å². The number of thiophene rings is 1. The van der Waals surface area contributed by atoms with E-state index in [2.05, 4.69) is 114 Å². The van der Waals surface area contributed by atoms with Crippen LogP contribution in [-0.2, 0) is 39.1 Å². The number of para-hydroxylation sites is 1. The van der Waals surface area contributed by atoms with Crippen LogP contribution in [0.4, 0.5) is 43.4 Å². The van der Waals surface area contributed by atoms with E-state index in [1.54, 1.807) is 87.9 Å². The van der Waals surface area contributed by atoms with Gasteiger partial charge in [-0.15, -0.1) is 11.3 Å². The molecule has 0 bridgehead atoms. The molecule has 3 N–H and O–H groups in total. The lowest BCUT2D eigenvalue weighted by Gasteiger charge is -2.28. The van der Waals surface area contributed by atoms with E-state index in [-0.39, 0.29) is 50.0 Å². The van der Waals surface area contributed by atoms with Gasteiger partial charge >= 0.3 is 0 Å². The molecular formula is C93H98BrCl2F6N3O6S2. The van der Waals surface area contributed by atoms with Crippen molar-refractivity contribution in [2.24, 2.45) is 15.0 Å². The number of benzene rings is 10. The highest BCUT2D eigenvalue weighted by Gasteiger charge is 2.29. The van der Waals surface area contributed by atoms with Gasteiger partial charge in [0, 0.05) is 107 Å². The molecule has 20 heteroatoms. The molecular weight excluding hydrogens is 1580 g/mol. The van der Waals surface area contributed by atoms with Crippen LogP contribution < -0.4 is 14.2 Å². The molecule has 0 amide bonds. The number of phenols is 3. The number of ether oxygens (including phenoxy) is 3. The Bertz CT molecular complexity index is 5120. The van der Waals surface area contributed by atoms with Crippen LogP contribution in [-0.4, -0.2) is 55.3 Å². The number of rotatable bonds is 16. The predicted octanol–water partition coefficient (Wildman–Crippen LogP) is 28.5. The van der Waals surface area contributed by atoms with Gasteiger partial charge in [0.1, 0.15) is 40.2 Å². The number of aromatic hydroxyl groups is 3. The Morgan fingerprint density at radius 2 is 1.08 bits per heavy atom. The van der Waals surface area contributed by atoms with Gasteiger partial charge in [-0.1, -0.05) is 219 Å². The first-order chi connectivity index (χ1) is 53.0. The summed E-state index contributed by atoms with van der Waals surface area (Å²) in [4.78, 5) is 13.9. The lowest BCUT2D eigenvalue weighted by atomic mass is 9.78. The number of halogens is 9. The molecule has 0 aliphatic rings. The van der Waals surface area contributed by atoms with Gasteiger partial charge in [-0.3, -0.25) is 15.0 Å². The number of methoxy groups -OCH3 is 3. The second-order valence-corrected chi connectivity index (χ2v) is 34.6. The van der Waals surface area contributed by atoms with Gasteiger partial charge in [-0.05, 0) is 166 Å². The maximum Gasteiger partial charge on any atom is 0.270 e. The van der Waals surface area contributed by atoms with Crippen LogP contribution in [0.1, 0.15) is 162 Å². The lowest BCUT2D eigenvalue weighted by Crippen LogP contribution is -2.18. The molecule has 0 unspecified atom stereocenters. The minimum absolute atomic E-state index is 0.0390. The maximum atomic E-state index is 14.1. The minimum Gasteiger partial charge on any atom is -0.507 e. The lowest BCUT2D eigenvalue weighted by molar-refractivity contribution is 0.0174. The second-order valence-electron chi connectivity index (χ2n) is 30.9. The fourth-order valence-electron chi connectivity index (χ4n) is 11.4. The summed E-state index contributed by atoms with van der Waals surface area (Å²) < 4.78 is 98.8. The van der Waals surface area contributed by atoms with Gasteiger partial charge in [-0.2, -0.15) is 11.8 Å². The van der Waals surface area contributed by atoms with Crippen LogP contribution in [0.25, 0.3) is 21.6 Å². The number of hydrogen-bond acceptors (Lipinski definition) is 11. The molecule has 113 heavy (non-hydrogen) atoms. The quantitative estimate of drug-likeness (QED) is 0.0381. The summed E-state index contributed by atoms with van der Waals surface area (Å²) in [6, 6.07) is 56.9. The minimum atomic E-state index is -2.88. The van der Waals surface area contributed by atoms with Gasteiger partial charge in [0.05, 0.1) is 37.7 Å². The zero-order valence-electron chi connectivity index (χ0n) is 67.2. The van der Waals surface area contributed by atoms with E-state index in [1.165, 1.54) is 39.3 Å². The fourth-order valence-corrected chi connectivity index (χ4v) is 14.1. The molecule has 0 saturated carbocycles. The van der Waals surface area contributed by atoms with Crippen molar-refractivity contribution in [2.45, 2.75) is 150 Å². The SMILES string of the molecule is COc1c(-c2cccs2)cc(C(C)(C)C)cc1C(C)(C)C.COc1ccc(N=Cc2cc(Br)cc(OC)c2C)cc1.Cc1c(F)c(F)c(F)c(F)c1N=Cc1cc(C(C)(C)C)cc(C(C)(C)C)c1O.Cc1cc(C(C)(F)F)ccc1N=Cc1cccc(-c2ccccc2)c1O.Oc1c(Cl)cc(Cl)cc1CSCc1ccccc1. The van der Waals surface area contributed by atoms with Crippen molar-refractivity contribution >= 4 is 97.9 Å². The normalized spacial score (nSPS) is 11.8. The van der Waals surface area contributed by atoms with Crippen molar-refractivity contribution in [1.82, 2.24) is 0 Å². The Morgan fingerprint density at radius 1 is 0.487 bits per heavy atom. The summed E-state index contributed by atoms with van der Waals surface area (Å²) >= 11 is 18.7. The summed E-state index contributed by atoms with van der Waals surface area (Å²) in [6.07, 6.45) is 4.53. The average molecular weight is 1680 g/mol. The van der Waals surface area contributed by atoms with Gasteiger partial charge in [0.2, 0.25) is 0 Å². The van der Waals surface area contributed by atoms with Gasteiger partial charge in [0.25, 0.3) is 5.92 Å². The first kappa shape index (κ1) is 90.9. The molecule has 0 saturated heterocycles. The van der Waals surface area contributed by atoms with E-state index >= 15 is 0 Å². The molecule has 11 rings (SSSR count). The van der Waals surface area contributed by atoms with E-state index < -0.39 is 40.4 Å². The van der Waals surface area contributed by atoms with Crippen molar-refractivity contribution < 1.29 is 55.9 Å². The molecule has 596 valence electrons. The monoisotopic (exact) mass is 1680 g/mol. The standard InChI is InChI=1S/C22H25F4NO.C22H19F2NO.C19H26OS.C16H16BrNO2.C14H12Cl2OS/c1-11-15(23)16(24)17(25)18(26)19(11)27-10-12-8-13(21(2,3)4)9-14(20(12)28)22(5,6)7;1-15-13-18(22(2,23)24)11-12-20(15)25-14-17-9-6-10-19(21(17)26)16-7-4-3-5-8-16;1-18(2,3)13-11-14(16-9-8-10-21-16)17(20-7)15(12-13)19(4,5)6;1-11-12(8-13(17)9-16(11)20-3)10-18-14-4-6-15(19-2)7-5-14;15-12-6-11(14(17)13(16)7-12)9-18-8-10-4-2-1-3-5-10/h8-10,28H,1-7H3;3-14,26H,1-2H3;8-12H,1-7H3;4-10H,1-3H3;1-7,17H,8-9H2. The van der Waals surface area contributed by atoms with Crippen LogP contribution in [0.5, 0.6) is 34.5 Å². The van der Waals surface area contributed by atoms with Gasteiger partial charge in [0.15, 0.2) is 23.3 Å². The average Bonchev–Trinajstić information content (AvgIpc) is 1.76. The number of alkyl halides is 2. The molecule has 0 spiro atoms. The number of phenolic OH excluding ortho intramolecular Hbond substituents is 3. The number of nitrogens with zero attached hydrogens (tertiary/aromatic N) is 3. The molecule has 0 atom stereocenters. The molecule has 0 fully saturated rings. The summed E-state index contributed by atoms with van der Waals surface area (Å²) in [6.45, 7) is 31.1. The van der Waals surface area contributed by atoms with Crippen LogP contribution in [0.3, 0.4) is 0 Å². The highest BCUT2D eigenvalue weighted by atomic mass is 79.9. The third kappa shape index (κ3) is 25.1. The Balaban J connectivity index is 0.000000198. The van der Waals surface area contributed by atoms with Gasteiger partial charge < -0.3 is 29.5 Å². The Hall–Kier alpha value is -9.30. The first-order valence-electron chi connectivity index (χ1n) is 36.2. The van der Waals surface area contributed by atoms with E-state index in [0.717, 1.165) is 81.0 Å². The highest BCUT2D eigenvalue weighted by molar-refractivity contribution is 9.10. The fraction of sp³-hybridized carbons (Fsp3) is 0.280. The Labute approximate surface area is 688 Å². The molecule has 10 aromatic carbocycles. The van der Waals surface area contributed by atoms with Crippen LogP contribution >= 0.6 is 62.2 Å². The zero-order valence-corrected chi connectivity index (χ0v) is 71.9. The topological polar surface area (TPSA) is 125 Å². The Kier molecular flexibility index (Phi) is 31.9. The van der Waals surface area contributed by atoms with Crippen LogP contribution in [0, 0.1) is 44.0 Å². The zero-order chi connectivity index (χ0) is 83.7. The summed E-state index contributed by atoms with van der Waals surface area (Å²) in [5.74, 6) is -5.27. The maximum absolute atomic E-state index is 14.1. The molecule has 0 radical (unpaired) electrons. The smallest absolute Gasteiger partial charge is 0.270 e. The molecule has 1 heterocycles. The number of thioether (sulfide) groups is 1. The van der Waals surface area contributed by atoms with E-state index in [0.29, 0.717) is 43.7 Å². The number of hydrogen-bond donors (Lipinski definition) is 3. The summed E-state index contributed by atoms with van der Waals surface area (Å²) in [5.41, 5.74) is 12.5. The summed E-state index contributed by atoms with van der Waals surface area (Å²) in [5, 5.41) is 34.0. The summed E-state index contributed by atoms with van der Waals surface area (Å²) in [7, 11) is 5.09. The third-order valence-electron chi connectivity index (χ3n) is 18.1. The van der Waals surface area contributed by atoms with E-state index in [4.69, 9.17) is 37.4 Å². The van der Waals surface area contributed by atoms with Gasteiger partial charge in [-0.25, -0.2) is 26.3 Å². The Morgan fingerprint density at radius 3 is 1.65 bits per heavy atom. The third-order valence-corrected chi connectivity index (χ3v) is 21.0. The highest BCUT2D eigenvalue weighted by Crippen LogP contribution is 2.45. The van der Waals surface area contributed by atoms with E-state index in [9.17, 15) is 41.7 Å². The first-order valence-corrected chi connectivity index (χ1v) is 39.8. The molecule has 1 aromatic heterocycles. The van der Waals surface area contributed by atoms with Crippen molar-refractivity contribution in [2.75, 3.05) is 21.3 Å². The number of aliphatic imine (C=N–C) groups is 3. The molecule has 11 aromatic rings. The molecule has 9 nitrogen and oxygen atoms in total. The number of aryl methyl sites for hydroxylation is 1. The van der Waals surface area contributed by atoms with Crippen molar-refractivity contribution in [3.63, 3.8) is 0 Å². The molecule has 0 aliphatic heterocycles. The second kappa shape index (κ2) is 39.6.